The number of hydrogen-bond donors (Lipinski definition) is 1. The van der Waals surface area contributed by atoms with Gasteiger partial charge < -0.3 is 14.6 Å². The molecule has 3 aromatic heterocycles. The van der Waals surface area contributed by atoms with Crippen LogP contribution in [0, 0.1) is 13.8 Å². The highest BCUT2D eigenvalue weighted by atomic mass is 35.5. The minimum absolute atomic E-state index is 0.164. The molecule has 38 heavy (non-hydrogen) atoms. The van der Waals surface area contributed by atoms with E-state index in [-0.39, 0.29) is 42.3 Å². The quantitative estimate of drug-likeness (QED) is 0.353. The van der Waals surface area contributed by atoms with Crippen molar-refractivity contribution in [1.82, 2.24) is 25.0 Å². The monoisotopic (exact) mass is 543 g/mol. The minimum atomic E-state index is -2.68. The van der Waals surface area contributed by atoms with E-state index in [2.05, 4.69) is 20.3 Å². The maximum atomic E-state index is 13.7. The Balaban J connectivity index is 1.65. The van der Waals surface area contributed by atoms with Crippen LogP contribution < -0.4 is 9.47 Å². The van der Waals surface area contributed by atoms with Crippen molar-refractivity contribution in [3.8, 4) is 11.6 Å². The lowest BCUT2D eigenvalue weighted by Crippen LogP contribution is -2.32. The molecule has 0 aliphatic heterocycles. The lowest BCUT2D eigenvalue weighted by atomic mass is 9.82. The third-order valence-electron chi connectivity index (χ3n) is 7.11. The van der Waals surface area contributed by atoms with Crippen LogP contribution in [0.15, 0.2) is 36.5 Å². The maximum absolute atomic E-state index is 13.7. The fourth-order valence-electron chi connectivity index (χ4n) is 5.08. The zero-order valence-corrected chi connectivity index (χ0v) is 22.3. The molecule has 4 aromatic rings. The van der Waals surface area contributed by atoms with Crippen LogP contribution in [0.4, 0.5) is 8.78 Å². The summed E-state index contributed by atoms with van der Waals surface area (Å²) in [4.78, 5) is 9.11. The SMILES string of the molecule is COc1nc2ccc(C(O)(c3ccc(C)nc3C)c3cnnn3C)cc2c(Cl)c1OC1CCC(F)(F)CC1. The van der Waals surface area contributed by atoms with Gasteiger partial charge >= 0.3 is 0 Å². The molecule has 0 amide bonds. The van der Waals surface area contributed by atoms with Crippen LogP contribution in [0.1, 0.15) is 53.9 Å². The third-order valence-corrected chi connectivity index (χ3v) is 7.48. The van der Waals surface area contributed by atoms with Crippen molar-refractivity contribution >= 4 is 22.5 Å². The minimum Gasteiger partial charge on any atom is -0.483 e. The summed E-state index contributed by atoms with van der Waals surface area (Å²) in [7, 11) is 3.15. The van der Waals surface area contributed by atoms with Crippen molar-refractivity contribution in [3.05, 3.63) is 69.8 Å². The summed E-state index contributed by atoms with van der Waals surface area (Å²) in [5.74, 6) is -2.33. The van der Waals surface area contributed by atoms with E-state index in [4.69, 9.17) is 21.1 Å². The number of aryl methyl sites for hydroxylation is 3. The number of ether oxygens (including phenoxy) is 2. The summed E-state index contributed by atoms with van der Waals surface area (Å²) >= 11 is 6.86. The van der Waals surface area contributed by atoms with E-state index in [1.807, 2.05) is 26.0 Å². The number of aromatic nitrogens is 5. The largest absolute Gasteiger partial charge is 0.483 e. The number of benzene rings is 1. The van der Waals surface area contributed by atoms with Gasteiger partial charge in [0.05, 0.1) is 35.6 Å². The number of halogens is 3. The van der Waals surface area contributed by atoms with Gasteiger partial charge in [0.2, 0.25) is 11.7 Å². The van der Waals surface area contributed by atoms with Gasteiger partial charge in [-0.3, -0.25) is 4.98 Å². The molecule has 200 valence electrons. The van der Waals surface area contributed by atoms with E-state index >= 15 is 0 Å². The number of hydrogen-bond acceptors (Lipinski definition) is 7. The normalized spacial score (nSPS) is 17.4. The van der Waals surface area contributed by atoms with E-state index in [9.17, 15) is 13.9 Å². The molecule has 1 aliphatic carbocycles. The van der Waals surface area contributed by atoms with Crippen molar-refractivity contribution in [1.29, 1.82) is 0 Å². The first-order valence-electron chi connectivity index (χ1n) is 12.3. The van der Waals surface area contributed by atoms with Crippen molar-refractivity contribution < 1.29 is 23.4 Å². The molecule has 0 spiro atoms. The molecule has 5 rings (SSSR count). The van der Waals surface area contributed by atoms with Gasteiger partial charge in [0.25, 0.3) is 5.88 Å². The Morgan fingerprint density at radius 3 is 2.50 bits per heavy atom. The molecule has 1 aliphatic rings. The van der Waals surface area contributed by atoms with Gasteiger partial charge in [-0.05, 0) is 50.5 Å². The number of aliphatic hydroxyl groups is 1. The van der Waals surface area contributed by atoms with E-state index in [0.29, 0.717) is 33.4 Å². The predicted octanol–water partition coefficient (Wildman–Crippen LogP) is 5.28. The van der Waals surface area contributed by atoms with Crippen LogP contribution >= 0.6 is 11.6 Å². The molecule has 1 N–H and O–H groups in total. The lowest BCUT2D eigenvalue weighted by molar-refractivity contribution is -0.0584. The number of alkyl halides is 2. The smallest absolute Gasteiger partial charge is 0.258 e. The average molecular weight is 544 g/mol. The zero-order chi connectivity index (χ0) is 27.2. The van der Waals surface area contributed by atoms with Crippen molar-refractivity contribution in [3.63, 3.8) is 0 Å². The van der Waals surface area contributed by atoms with Crippen molar-refractivity contribution in [2.45, 2.75) is 57.2 Å². The molecule has 8 nitrogen and oxygen atoms in total. The number of pyridine rings is 2. The number of rotatable bonds is 6. The summed E-state index contributed by atoms with van der Waals surface area (Å²) in [5.41, 5.74) is 1.79. The van der Waals surface area contributed by atoms with E-state index < -0.39 is 17.6 Å². The Morgan fingerprint density at radius 1 is 1.13 bits per heavy atom. The van der Waals surface area contributed by atoms with Gasteiger partial charge in [-0.15, -0.1) is 5.10 Å². The molecular formula is C27H28ClF2N5O3. The van der Waals surface area contributed by atoms with Crippen LogP contribution in [0.2, 0.25) is 5.02 Å². The number of nitrogens with zero attached hydrogens (tertiary/aromatic N) is 5. The topological polar surface area (TPSA) is 95.2 Å². The van der Waals surface area contributed by atoms with Gasteiger partial charge in [-0.1, -0.05) is 28.9 Å². The fraction of sp³-hybridized carbons (Fsp3) is 0.407. The Labute approximate surface area is 223 Å². The molecule has 1 atom stereocenters. The maximum Gasteiger partial charge on any atom is 0.258 e. The van der Waals surface area contributed by atoms with Crippen LogP contribution in [0.5, 0.6) is 11.6 Å². The highest BCUT2D eigenvalue weighted by Crippen LogP contribution is 2.44. The van der Waals surface area contributed by atoms with Crippen LogP contribution in [-0.2, 0) is 12.6 Å². The Bertz CT molecular complexity index is 1500. The first-order chi connectivity index (χ1) is 18.0. The number of methoxy groups -OCH3 is 1. The first-order valence-corrected chi connectivity index (χ1v) is 12.7. The van der Waals surface area contributed by atoms with E-state index in [1.54, 1.807) is 25.2 Å². The third kappa shape index (κ3) is 4.56. The summed E-state index contributed by atoms with van der Waals surface area (Å²) in [6, 6.07) is 8.88. The van der Waals surface area contributed by atoms with Crippen LogP contribution in [0.3, 0.4) is 0 Å². The molecule has 1 fully saturated rings. The van der Waals surface area contributed by atoms with Crippen LogP contribution in [-0.4, -0.2) is 49.2 Å². The van der Waals surface area contributed by atoms with Gasteiger partial charge in [0.1, 0.15) is 0 Å². The van der Waals surface area contributed by atoms with Gasteiger partial charge in [0.15, 0.2) is 5.60 Å². The molecule has 0 bridgehead atoms. The number of fused-ring (bicyclic) bond motifs is 1. The van der Waals surface area contributed by atoms with Gasteiger partial charge in [-0.2, -0.15) is 0 Å². The molecule has 1 saturated carbocycles. The summed E-state index contributed by atoms with van der Waals surface area (Å²) in [6.07, 6.45) is 0.943. The zero-order valence-electron chi connectivity index (χ0n) is 21.5. The fourth-order valence-corrected chi connectivity index (χ4v) is 5.35. The lowest BCUT2D eigenvalue weighted by Gasteiger charge is -2.31. The molecule has 1 unspecified atom stereocenters. The van der Waals surface area contributed by atoms with Crippen molar-refractivity contribution in [2.24, 2.45) is 7.05 Å². The molecule has 3 heterocycles. The second-order valence-corrected chi connectivity index (χ2v) is 10.1. The highest BCUT2D eigenvalue weighted by Gasteiger charge is 2.40. The Hall–Kier alpha value is -3.37. The van der Waals surface area contributed by atoms with E-state index in [0.717, 1.165) is 5.69 Å². The Kier molecular flexibility index (Phi) is 6.73. The standard InChI is InChI=1S/C27H28ClF2N5O3/c1-15-5-7-20(16(2)32-15)27(36,22-14-31-34-35(22)3)17-6-8-21-19(13-17)23(28)24(25(33-21)37-4)38-18-9-11-26(29,30)12-10-18/h5-8,13-14,18,36H,9-12H2,1-4H3. The molecule has 0 saturated heterocycles. The highest BCUT2D eigenvalue weighted by molar-refractivity contribution is 6.37. The second kappa shape index (κ2) is 9.74. The summed E-state index contributed by atoms with van der Waals surface area (Å²) < 4.78 is 40.4. The first kappa shape index (κ1) is 26.2. The van der Waals surface area contributed by atoms with E-state index in [1.165, 1.54) is 18.0 Å². The van der Waals surface area contributed by atoms with Gasteiger partial charge in [0, 0.05) is 42.2 Å². The molecule has 1 aromatic carbocycles. The predicted molar refractivity (Wildman–Crippen MR) is 138 cm³/mol. The Morgan fingerprint density at radius 2 is 1.87 bits per heavy atom. The second-order valence-electron chi connectivity index (χ2n) is 9.71. The average Bonchev–Trinajstić information content (AvgIpc) is 3.32. The van der Waals surface area contributed by atoms with Gasteiger partial charge in [-0.25, -0.2) is 18.4 Å². The molecule has 11 heteroatoms. The van der Waals surface area contributed by atoms with Crippen molar-refractivity contribution in [2.75, 3.05) is 7.11 Å². The molecule has 0 radical (unpaired) electrons. The summed E-state index contributed by atoms with van der Waals surface area (Å²) in [5, 5.41) is 21.1. The molecular weight excluding hydrogens is 516 g/mol. The summed E-state index contributed by atoms with van der Waals surface area (Å²) in [6.45, 7) is 3.71. The van der Waals surface area contributed by atoms with Crippen LogP contribution in [0.25, 0.3) is 10.9 Å².